The number of imide groups is 1. The van der Waals surface area contributed by atoms with Crippen LogP contribution < -0.4 is 15.5 Å². The van der Waals surface area contributed by atoms with Crippen LogP contribution in [0.2, 0.25) is 0 Å². The number of hydrogen-bond donors (Lipinski definition) is 2. The van der Waals surface area contributed by atoms with Gasteiger partial charge in [-0.3, -0.25) is 24.7 Å². The average molecular weight is 460 g/mol. The lowest BCUT2D eigenvalue weighted by atomic mass is 9.92. The molecule has 5 amide bonds. The lowest BCUT2D eigenvalue weighted by Crippen LogP contribution is -2.55. The van der Waals surface area contributed by atoms with Crippen LogP contribution in [0.1, 0.15) is 25.3 Å². The topological polar surface area (TPSA) is 121 Å². The number of hydrogen-bond acceptors (Lipinski definition) is 7. The Morgan fingerprint density at radius 3 is 2.67 bits per heavy atom. The van der Waals surface area contributed by atoms with Crippen LogP contribution in [-0.4, -0.2) is 91.1 Å². The van der Waals surface area contributed by atoms with Gasteiger partial charge >= 0.3 is 6.03 Å². The van der Waals surface area contributed by atoms with Crippen molar-refractivity contribution in [3.05, 3.63) is 29.8 Å². The van der Waals surface area contributed by atoms with Crippen LogP contribution in [0, 0.1) is 0 Å². The van der Waals surface area contributed by atoms with Gasteiger partial charge in [-0.2, -0.15) is 5.01 Å². The van der Waals surface area contributed by atoms with Gasteiger partial charge in [0.25, 0.3) is 17.7 Å². The van der Waals surface area contributed by atoms with Crippen LogP contribution >= 0.6 is 0 Å². The Kier molecular flexibility index (Phi) is 6.52. The molecule has 0 aliphatic carbocycles. The summed E-state index contributed by atoms with van der Waals surface area (Å²) < 4.78 is 10.7. The Bertz CT molecular complexity index is 941. The van der Waals surface area contributed by atoms with Gasteiger partial charge in [-0.25, -0.2) is 4.79 Å². The van der Waals surface area contributed by atoms with E-state index in [9.17, 15) is 19.2 Å². The average Bonchev–Trinajstić information content (AvgIpc) is 3.43. The van der Waals surface area contributed by atoms with E-state index < -0.39 is 23.4 Å². The highest BCUT2D eigenvalue weighted by atomic mass is 16.5. The minimum Gasteiger partial charge on any atom is -0.497 e. The molecule has 0 aromatic heterocycles. The van der Waals surface area contributed by atoms with Crippen molar-refractivity contribution < 1.29 is 28.7 Å². The molecule has 2 atom stereocenters. The van der Waals surface area contributed by atoms with Crippen molar-refractivity contribution in [3.8, 4) is 5.75 Å². The van der Waals surface area contributed by atoms with E-state index in [1.54, 1.807) is 36.1 Å². The molecule has 0 saturated carbocycles. The number of carbonyl (C=O) groups excluding carboxylic acids is 4. The number of methoxy groups -OCH3 is 1. The van der Waals surface area contributed by atoms with Crippen molar-refractivity contribution in [1.82, 2.24) is 25.6 Å². The first-order valence-electron chi connectivity index (χ1n) is 11.1. The molecule has 2 unspecified atom stereocenters. The Morgan fingerprint density at radius 2 is 2.00 bits per heavy atom. The number of hydrazine groups is 1. The molecule has 11 nitrogen and oxygen atoms in total. The Labute approximate surface area is 191 Å². The molecule has 33 heavy (non-hydrogen) atoms. The van der Waals surface area contributed by atoms with Crippen LogP contribution in [0.15, 0.2) is 24.3 Å². The van der Waals surface area contributed by atoms with E-state index in [-0.39, 0.29) is 18.6 Å². The summed E-state index contributed by atoms with van der Waals surface area (Å²) in [5.41, 5.74) is 1.64. The van der Waals surface area contributed by atoms with E-state index in [0.29, 0.717) is 44.1 Å². The van der Waals surface area contributed by atoms with Gasteiger partial charge < -0.3 is 19.7 Å². The van der Waals surface area contributed by atoms with Gasteiger partial charge in [0.15, 0.2) is 0 Å². The van der Waals surface area contributed by atoms with Crippen LogP contribution in [0.4, 0.5) is 4.79 Å². The maximum absolute atomic E-state index is 13.0. The van der Waals surface area contributed by atoms with Crippen molar-refractivity contribution in [3.63, 3.8) is 0 Å². The Morgan fingerprint density at radius 1 is 1.24 bits per heavy atom. The number of urea groups is 1. The first-order valence-corrected chi connectivity index (χ1v) is 11.1. The van der Waals surface area contributed by atoms with Crippen molar-refractivity contribution in [2.45, 2.75) is 31.4 Å². The molecule has 0 radical (unpaired) electrons. The number of amides is 5. The van der Waals surface area contributed by atoms with Crippen LogP contribution in [0.5, 0.6) is 5.75 Å². The van der Waals surface area contributed by atoms with Crippen molar-refractivity contribution in [2.75, 3.05) is 46.4 Å². The van der Waals surface area contributed by atoms with E-state index in [1.165, 1.54) is 7.11 Å². The van der Waals surface area contributed by atoms with E-state index >= 15 is 0 Å². The summed E-state index contributed by atoms with van der Waals surface area (Å²) in [6, 6.07) is 6.14. The van der Waals surface area contributed by atoms with Gasteiger partial charge in [0.2, 0.25) is 0 Å². The number of piperazine rings is 1. The number of nitrogens with zero attached hydrogens (tertiary/aromatic N) is 3. The zero-order valence-electron chi connectivity index (χ0n) is 18.8. The zero-order chi connectivity index (χ0) is 23.6. The molecule has 178 valence electrons. The normalized spacial score (nSPS) is 25.8. The first-order chi connectivity index (χ1) is 15.8. The SMILES string of the molecule is COc1cccc(C2(C)NC(=O)N(NC(=O)CN3CCN(C(=O)C4CCCO4)CC3)C2=O)c1. The highest BCUT2D eigenvalue weighted by Crippen LogP contribution is 2.30. The number of benzene rings is 1. The molecule has 3 saturated heterocycles. The van der Waals surface area contributed by atoms with Crippen molar-refractivity contribution in [1.29, 1.82) is 0 Å². The molecule has 4 rings (SSSR count). The monoisotopic (exact) mass is 459 g/mol. The Balaban J connectivity index is 1.31. The fraction of sp³-hybridized carbons (Fsp3) is 0.545. The molecular formula is C22H29N5O6. The summed E-state index contributed by atoms with van der Waals surface area (Å²) in [7, 11) is 1.52. The second kappa shape index (κ2) is 9.36. The highest BCUT2D eigenvalue weighted by Gasteiger charge is 2.50. The third-order valence-electron chi connectivity index (χ3n) is 6.33. The van der Waals surface area contributed by atoms with Crippen molar-refractivity contribution >= 4 is 23.8 Å². The van der Waals surface area contributed by atoms with Crippen LogP contribution in [0.3, 0.4) is 0 Å². The van der Waals surface area contributed by atoms with Gasteiger partial charge in [-0.1, -0.05) is 12.1 Å². The van der Waals surface area contributed by atoms with Gasteiger partial charge in [-0.15, -0.1) is 0 Å². The van der Waals surface area contributed by atoms with E-state index in [4.69, 9.17) is 9.47 Å². The van der Waals surface area contributed by atoms with Crippen LogP contribution in [-0.2, 0) is 24.7 Å². The number of carbonyl (C=O) groups is 4. The third kappa shape index (κ3) is 4.64. The van der Waals surface area contributed by atoms with E-state index in [0.717, 1.165) is 17.9 Å². The summed E-state index contributed by atoms with van der Waals surface area (Å²) in [5, 5.41) is 3.37. The minimum atomic E-state index is -1.33. The summed E-state index contributed by atoms with van der Waals surface area (Å²) in [6.07, 6.45) is 1.30. The molecule has 3 aliphatic heterocycles. The summed E-state index contributed by atoms with van der Waals surface area (Å²) in [6.45, 7) is 4.26. The summed E-state index contributed by atoms with van der Waals surface area (Å²) >= 11 is 0. The molecule has 3 heterocycles. The predicted molar refractivity (Wildman–Crippen MR) is 116 cm³/mol. The van der Waals surface area contributed by atoms with E-state index in [2.05, 4.69) is 10.7 Å². The fourth-order valence-corrected chi connectivity index (χ4v) is 4.34. The molecule has 1 aromatic carbocycles. The summed E-state index contributed by atoms with van der Waals surface area (Å²) in [4.78, 5) is 54.2. The van der Waals surface area contributed by atoms with Crippen molar-refractivity contribution in [2.24, 2.45) is 0 Å². The molecule has 0 bridgehead atoms. The number of rotatable bonds is 6. The standard InChI is InChI=1S/C22H29N5O6/c1-22(15-5-3-6-16(13-15)32-2)20(30)27(21(31)23-22)24-18(28)14-25-8-10-26(11-9-25)19(29)17-7-4-12-33-17/h3,5-6,13,17H,4,7-12,14H2,1-2H3,(H,23,31)(H,24,28). The number of ether oxygens (including phenoxy) is 2. The van der Waals surface area contributed by atoms with Gasteiger partial charge in [-0.05, 0) is 37.5 Å². The highest BCUT2D eigenvalue weighted by molar-refractivity contribution is 6.08. The van der Waals surface area contributed by atoms with E-state index in [1.807, 2.05) is 4.90 Å². The fourth-order valence-electron chi connectivity index (χ4n) is 4.34. The molecule has 1 aromatic rings. The van der Waals surface area contributed by atoms with Gasteiger partial charge in [0.05, 0.1) is 13.7 Å². The molecule has 0 spiro atoms. The van der Waals surface area contributed by atoms with Crippen LogP contribution in [0.25, 0.3) is 0 Å². The lowest BCUT2D eigenvalue weighted by Gasteiger charge is -2.35. The maximum atomic E-state index is 13.0. The smallest absolute Gasteiger partial charge is 0.344 e. The third-order valence-corrected chi connectivity index (χ3v) is 6.33. The Hall–Kier alpha value is -3.18. The second-order valence-corrected chi connectivity index (χ2v) is 8.57. The predicted octanol–water partition coefficient (Wildman–Crippen LogP) is -0.183. The maximum Gasteiger partial charge on any atom is 0.344 e. The quantitative estimate of drug-likeness (QED) is 0.566. The lowest BCUT2D eigenvalue weighted by molar-refractivity contribution is -0.143. The molecular weight excluding hydrogens is 430 g/mol. The first kappa shape index (κ1) is 23.0. The second-order valence-electron chi connectivity index (χ2n) is 8.57. The number of nitrogens with one attached hydrogen (secondary N) is 2. The summed E-state index contributed by atoms with van der Waals surface area (Å²) in [5.74, 6) is -0.503. The largest absolute Gasteiger partial charge is 0.497 e. The van der Waals surface area contributed by atoms with Gasteiger partial charge in [0, 0.05) is 32.8 Å². The zero-order valence-corrected chi connectivity index (χ0v) is 18.8. The molecule has 3 aliphatic rings. The molecule has 2 N–H and O–H groups in total. The minimum absolute atomic E-state index is 0.00719. The molecule has 11 heteroatoms. The molecule has 3 fully saturated rings. The van der Waals surface area contributed by atoms with Gasteiger partial charge in [0.1, 0.15) is 17.4 Å².